The van der Waals surface area contributed by atoms with Gasteiger partial charge in [0.1, 0.15) is 22.5 Å². The number of rotatable bonds is 2. The largest absolute Gasteiger partial charge is 0.318 e. The van der Waals surface area contributed by atoms with E-state index in [0.29, 0.717) is 6.07 Å². The van der Waals surface area contributed by atoms with Crippen molar-refractivity contribution in [1.29, 1.82) is 0 Å². The molecule has 0 unspecified atom stereocenters. The molecule has 0 spiro atoms. The number of benzene rings is 1. The number of anilines is 1. The van der Waals surface area contributed by atoms with Crippen molar-refractivity contribution in [3.8, 4) is 0 Å². The van der Waals surface area contributed by atoms with E-state index in [2.05, 4.69) is 15.3 Å². The first kappa shape index (κ1) is 12.4. The van der Waals surface area contributed by atoms with Gasteiger partial charge in [-0.3, -0.25) is 4.79 Å². The summed E-state index contributed by atoms with van der Waals surface area (Å²) in [5.74, 6) is -2.26. The summed E-state index contributed by atoms with van der Waals surface area (Å²) in [5.41, 5.74) is -0.165. The van der Waals surface area contributed by atoms with Crippen LogP contribution < -0.4 is 5.32 Å². The van der Waals surface area contributed by atoms with E-state index in [-0.39, 0.29) is 16.5 Å². The zero-order chi connectivity index (χ0) is 13.1. The second-order valence-electron chi connectivity index (χ2n) is 3.30. The fourth-order valence-electron chi connectivity index (χ4n) is 1.21. The number of carbonyl (C=O) groups excluding carboxylic acids is 1. The van der Waals surface area contributed by atoms with Crippen LogP contribution in [0.3, 0.4) is 0 Å². The van der Waals surface area contributed by atoms with Gasteiger partial charge >= 0.3 is 0 Å². The first-order chi connectivity index (χ1) is 8.56. The maximum absolute atomic E-state index is 13.3. The normalized spacial score (nSPS) is 10.2. The summed E-state index contributed by atoms with van der Waals surface area (Å²) in [6.07, 6.45) is 2.34. The molecule has 0 radical (unpaired) electrons. The van der Waals surface area contributed by atoms with Crippen molar-refractivity contribution in [3.63, 3.8) is 0 Å². The van der Waals surface area contributed by atoms with Gasteiger partial charge in [-0.05, 0) is 12.1 Å². The Hall–Kier alpha value is -2.08. The minimum Gasteiger partial charge on any atom is -0.318 e. The minimum absolute atomic E-state index is 0.0249. The topological polar surface area (TPSA) is 54.9 Å². The predicted octanol–water partition coefficient (Wildman–Crippen LogP) is 2.66. The zero-order valence-corrected chi connectivity index (χ0v) is 9.58. The van der Waals surface area contributed by atoms with Crippen molar-refractivity contribution < 1.29 is 13.6 Å². The SMILES string of the molecule is O=C(Nc1ccc(F)cc1F)c1cnc(Cl)cn1. The molecule has 0 aliphatic carbocycles. The van der Waals surface area contributed by atoms with Gasteiger partial charge in [0.25, 0.3) is 5.91 Å². The lowest BCUT2D eigenvalue weighted by Gasteiger charge is -2.05. The monoisotopic (exact) mass is 269 g/mol. The van der Waals surface area contributed by atoms with Crippen LogP contribution in [0.5, 0.6) is 0 Å². The minimum atomic E-state index is -0.870. The van der Waals surface area contributed by atoms with Gasteiger partial charge in [-0.15, -0.1) is 0 Å². The maximum Gasteiger partial charge on any atom is 0.275 e. The third kappa shape index (κ3) is 2.78. The first-order valence-corrected chi connectivity index (χ1v) is 5.18. The van der Waals surface area contributed by atoms with Gasteiger partial charge in [0.05, 0.1) is 18.1 Å². The molecule has 18 heavy (non-hydrogen) atoms. The van der Waals surface area contributed by atoms with Gasteiger partial charge < -0.3 is 5.32 Å². The van der Waals surface area contributed by atoms with Gasteiger partial charge in [0.15, 0.2) is 0 Å². The summed E-state index contributed by atoms with van der Waals surface area (Å²) in [7, 11) is 0. The van der Waals surface area contributed by atoms with Crippen LogP contribution in [0.4, 0.5) is 14.5 Å². The molecular weight excluding hydrogens is 264 g/mol. The predicted molar refractivity (Wildman–Crippen MR) is 61.4 cm³/mol. The van der Waals surface area contributed by atoms with Crippen LogP contribution in [0.15, 0.2) is 30.6 Å². The lowest BCUT2D eigenvalue weighted by Crippen LogP contribution is -2.15. The van der Waals surface area contributed by atoms with E-state index in [1.165, 1.54) is 6.20 Å². The molecule has 0 bridgehead atoms. The molecule has 0 aliphatic heterocycles. The Morgan fingerprint density at radius 3 is 2.61 bits per heavy atom. The summed E-state index contributed by atoms with van der Waals surface area (Å²) in [6.45, 7) is 0. The van der Waals surface area contributed by atoms with Gasteiger partial charge in [-0.25, -0.2) is 18.7 Å². The number of nitrogens with zero attached hydrogens (tertiary/aromatic N) is 2. The van der Waals surface area contributed by atoms with Crippen LogP contribution >= 0.6 is 11.6 Å². The first-order valence-electron chi connectivity index (χ1n) is 4.80. The molecule has 7 heteroatoms. The quantitative estimate of drug-likeness (QED) is 0.912. The van der Waals surface area contributed by atoms with Crippen molar-refractivity contribution in [2.75, 3.05) is 5.32 Å². The molecule has 2 aromatic rings. The fourth-order valence-corrected chi connectivity index (χ4v) is 1.30. The highest BCUT2D eigenvalue weighted by Gasteiger charge is 2.11. The number of carbonyl (C=O) groups is 1. The summed E-state index contributed by atoms with van der Waals surface area (Å²) < 4.78 is 25.9. The summed E-state index contributed by atoms with van der Waals surface area (Å²) in [6, 6.07) is 2.82. The van der Waals surface area contributed by atoms with E-state index in [9.17, 15) is 13.6 Å². The molecular formula is C11H6ClF2N3O. The van der Waals surface area contributed by atoms with Crippen molar-refractivity contribution in [3.05, 3.63) is 53.1 Å². The summed E-state index contributed by atoms with van der Waals surface area (Å²) in [5, 5.41) is 2.39. The smallest absolute Gasteiger partial charge is 0.275 e. The molecule has 1 amide bonds. The van der Waals surface area contributed by atoms with Crippen LogP contribution in [0, 0.1) is 11.6 Å². The summed E-state index contributed by atoms with van der Waals surface area (Å²) >= 11 is 5.51. The molecule has 1 aromatic heterocycles. The Balaban J connectivity index is 2.18. The van der Waals surface area contributed by atoms with Gasteiger partial charge in [0.2, 0.25) is 0 Å². The second-order valence-corrected chi connectivity index (χ2v) is 3.69. The molecule has 0 fully saturated rings. The highest BCUT2D eigenvalue weighted by atomic mass is 35.5. The number of halogens is 3. The van der Waals surface area contributed by atoms with Crippen LogP contribution in [0.2, 0.25) is 5.15 Å². The molecule has 0 aliphatic rings. The highest BCUT2D eigenvalue weighted by molar-refractivity contribution is 6.29. The number of hydrogen-bond donors (Lipinski definition) is 1. The van der Waals surface area contributed by atoms with Gasteiger partial charge in [-0.2, -0.15) is 0 Å². The van der Waals surface area contributed by atoms with E-state index < -0.39 is 17.5 Å². The Labute approximate surface area is 106 Å². The van der Waals surface area contributed by atoms with E-state index >= 15 is 0 Å². The van der Waals surface area contributed by atoms with Crippen LogP contribution in [-0.2, 0) is 0 Å². The lowest BCUT2D eigenvalue weighted by molar-refractivity contribution is 0.102. The third-order valence-electron chi connectivity index (χ3n) is 2.03. The van der Waals surface area contributed by atoms with Crippen molar-refractivity contribution >= 4 is 23.2 Å². The highest BCUT2D eigenvalue weighted by Crippen LogP contribution is 2.15. The Bertz CT molecular complexity index is 589. The summed E-state index contributed by atoms with van der Waals surface area (Å²) in [4.78, 5) is 19.0. The van der Waals surface area contributed by atoms with E-state index in [0.717, 1.165) is 18.3 Å². The molecule has 0 saturated heterocycles. The average Bonchev–Trinajstić information content (AvgIpc) is 2.33. The number of aromatic nitrogens is 2. The van der Waals surface area contributed by atoms with Crippen LogP contribution in [0.25, 0.3) is 0 Å². The van der Waals surface area contributed by atoms with Crippen molar-refractivity contribution in [2.24, 2.45) is 0 Å². The number of nitrogens with one attached hydrogen (secondary N) is 1. The van der Waals surface area contributed by atoms with Crippen molar-refractivity contribution in [1.82, 2.24) is 9.97 Å². The molecule has 0 atom stereocenters. The second kappa shape index (κ2) is 5.05. The number of amides is 1. The maximum atomic E-state index is 13.3. The Morgan fingerprint density at radius 2 is 2.00 bits per heavy atom. The third-order valence-corrected chi connectivity index (χ3v) is 2.23. The molecule has 92 valence electrons. The fraction of sp³-hybridized carbons (Fsp3) is 0. The zero-order valence-electron chi connectivity index (χ0n) is 8.82. The van der Waals surface area contributed by atoms with E-state index in [4.69, 9.17) is 11.6 Å². The molecule has 1 aromatic carbocycles. The molecule has 1 heterocycles. The van der Waals surface area contributed by atoms with E-state index in [1.54, 1.807) is 0 Å². The van der Waals surface area contributed by atoms with Crippen LogP contribution in [0.1, 0.15) is 10.5 Å². The van der Waals surface area contributed by atoms with E-state index in [1.807, 2.05) is 0 Å². The Kier molecular flexibility index (Phi) is 3.47. The Morgan fingerprint density at radius 1 is 1.22 bits per heavy atom. The number of hydrogen-bond acceptors (Lipinski definition) is 3. The molecule has 0 saturated carbocycles. The molecule has 2 rings (SSSR count). The van der Waals surface area contributed by atoms with Crippen molar-refractivity contribution in [2.45, 2.75) is 0 Å². The molecule has 4 nitrogen and oxygen atoms in total. The van der Waals surface area contributed by atoms with Gasteiger partial charge in [0, 0.05) is 6.07 Å². The standard InChI is InChI=1S/C11H6ClF2N3O/c12-10-5-15-9(4-16-10)11(18)17-8-2-1-6(13)3-7(8)14/h1-5H,(H,17,18). The van der Waals surface area contributed by atoms with Crippen LogP contribution in [-0.4, -0.2) is 15.9 Å². The molecule has 1 N–H and O–H groups in total. The van der Waals surface area contributed by atoms with Gasteiger partial charge in [-0.1, -0.05) is 11.6 Å². The average molecular weight is 270 g/mol. The lowest BCUT2D eigenvalue weighted by atomic mass is 10.3.